The van der Waals surface area contributed by atoms with Crippen LogP contribution >= 0.6 is 22.6 Å². The number of halogens is 1. The van der Waals surface area contributed by atoms with Crippen LogP contribution in [0.3, 0.4) is 0 Å². The smallest absolute Gasteiger partial charge is 0.0704 e. The van der Waals surface area contributed by atoms with Crippen molar-refractivity contribution in [3.05, 3.63) is 0 Å². The second-order valence-corrected chi connectivity index (χ2v) is 6.48. The molecule has 0 spiro atoms. The maximum absolute atomic E-state index is 5.97. The van der Waals surface area contributed by atoms with E-state index >= 15 is 0 Å². The summed E-state index contributed by atoms with van der Waals surface area (Å²) in [6.45, 7) is 3.00. The van der Waals surface area contributed by atoms with E-state index in [1.54, 1.807) is 7.11 Å². The number of alkyl halides is 1. The maximum Gasteiger partial charge on any atom is 0.0704 e. The van der Waals surface area contributed by atoms with Crippen LogP contribution < -0.4 is 0 Å². The van der Waals surface area contributed by atoms with Gasteiger partial charge in [0, 0.05) is 24.2 Å². The molecular formula is C14H27IO3. The van der Waals surface area contributed by atoms with Crippen LogP contribution in [0.15, 0.2) is 0 Å². The van der Waals surface area contributed by atoms with Gasteiger partial charge >= 0.3 is 0 Å². The van der Waals surface area contributed by atoms with E-state index in [4.69, 9.17) is 14.2 Å². The molecule has 2 unspecified atom stereocenters. The fourth-order valence-corrected chi connectivity index (χ4v) is 3.27. The van der Waals surface area contributed by atoms with Gasteiger partial charge in [0.15, 0.2) is 0 Å². The summed E-state index contributed by atoms with van der Waals surface area (Å²) in [5.41, 5.74) is 0. The van der Waals surface area contributed by atoms with Crippen LogP contribution in [0.2, 0.25) is 0 Å². The van der Waals surface area contributed by atoms with Gasteiger partial charge in [0.1, 0.15) is 0 Å². The molecule has 1 fully saturated rings. The summed E-state index contributed by atoms with van der Waals surface area (Å²) < 4.78 is 17.1. The molecule has 1 rings (SSSR count). The second-order valence-electron chi connectivity index (χ2n) is 4.88. The number of ether oxygens (including phenoxy) is 3. The number of methoxy groups -OCH3 is 1. The molecule has 0 aromatic rings. The molecule has 0 aromatic carbocycles. The van der Waals surface area contributed by atoms with Crippen molar-refractivity contribution in [2.45, 2.75) is 55.0 Å². The lowest BCUT2D eigenvalue weighted by Gasteiger charge is -2.25. The van der Waals surface area contributed by atoms with Gasteiger partial charge in [-0.2, -0.15) is 0 Å². The molecule has 0 heterocycles. The minimum Gasteiger partial charge on any atom is -0.385 e. The topological polar surface area (TPSA) is 27.7 Å². The Morgan fingerprint density at radius 3 is 2.50 bits per heavy atom. The molecule has 108 valence electrons. The lowest BCUT2D eigenvalue weighted by molar-refractivity contribution is -0.00374. The molecule has 0 N–H and O–H groups in total. The molecule has 1 aliphatic rings. The van der Waals surface area contributed by atoms with E-state index in [0.717, 1.165) is 26.2 Å². The highest BCUT2D eigenvalue weighted by molar-refractivity contribution is 14.1. The van der Waals surface area contributed by atoms with Crippen LogP contribution in [0.5, 0.6) is 0 Å². The van der Waals surface area contributed by atoms with Gasteiger partial charge in [-0.1, -0.05) is 48.3 Å². The number of hydrogen-bond donors (Lipinski definition) is 0. The van der Waals surface area contributed by atoms with Gasteiger partial charge < -0.3 is 14.2 Å². The molecule has 0 radical (unpaired) electrons. The van der Waals surface area contributed by atoms with Gasteiger partial charge in [0.2, 0.25) is 0 Å². The molecule has 1 aliphatic carbocycles. The van der Waals surface area contributed by atoms with Crippen molar-refractivity contribution in [2.24, 2.45) is 0 Å². The van der Waals surface area contributed by atoms with E-state index < -0.39 is 0 Å². The molecule has 2 atom stereocenters. The Kier molecular flexibility index (Phi) is 10.6. The minimum atomic E-state index is 0.438. The van der Waals surface area contributed by atoms with Crippen molar-refractivity contribution < 1.29 is 14.2 Å². The Balaban J connectivity index is 2.01. The van der Waals surface area contributed by atoms with Crippen molar-refractivity contribution in [2.75, 3.05) is 33.5 Å². The van der Waals surface area contributed by atoms with E-state index in [-0.39, 0.29) is 0 Å². The third kappa shape index (κ3) is 7.92. The van der Waals surface area contributed by atoms with Crippen molar-refractivity contribution in [3.8, 4) is 0 Å². The zero-order valence-corrected chi connectivity index (χ0v) is 13.7. The monoisotopic (exact) mass is 370 g/mol. The van der Waals surface area contributed by atoms with Gasteiger partial charge in [-0.05, 0) is 19.3 Å². The lowest BCUT2D eigenvalue weighted by Crippen LogP contribution is -2.27. The van der Waals surface area contributed by atoms with Crippen molar-refractivity contribution in [1.82, 2.24) is 0 Å². The van der Waals surface area contributed by atoms with Crippen molar-refractivity contribution in [1.29, 1.82) is 0 Å². The minimum absolute atomic E-state index is 0.438. The van der Waals surface area contributed by atoms with Crippen LogP contribution in [0.1, 0.15) is 44.9 Å². The second kappa shape index (κ2) is 11.4. The molecule has 18 heavy (non-hydrogen) atoms. The Morgan fingerprint density at radius 2 is 1.72 bits per heavy atom. The lowest BCUT2D eigenvalue weighted by atomic mass is 9.98. The first-order valence-electron chi connectivity index (χ1n) is 7.17. The van der Waals surface area contributed by atoms with Gasteiger partial charge in [0.05, 0.1) is 19.3 Å². The fraction of sp³-hybridized carbons (Fsp3) is 1.00. The average molecular weight is 370 g/mol. The van der Waals surface area contributed by atoms with Crippen LogP contribution in [0.25, 0.3) is 0 Å². The molecular weight excluding hydrogens is 343 g/mol. The van der Waals surface area contributed by atoms with E-state index in [1.807, 2.05) is 0 Å². The van der Waals surface area contributed by atoms with Crippen LogP contribution in [-0.2, 0) is 14.2 Å². The summed E-state index contributed by atoms with van der Waals surface area (Å²) in [4.78, 5) is 0. The van der Waals surface area contributed by atoms with Crippen LogP contribution in [0.4, 0.5) is 0 Å². The standard InChI is InChI=1S/C14H27IO3/c1-16-9-6-10-17-11-12-18-14-8-5-3-2-4-7-13(14)15/h13-14H,2-12H2,1H3. The van der Waals surface area contributed by atoms with Crippen LogP contribution in [-0.4, -0.2) is 43.6 Å². The zero-order valence-electron chi connectivity index (χ0n) is 11.5. The first-order valence-corrected chi connectivity index (χ1v) is 8.41. The predicted molar refractivity (Wildman–Crippen MR) is 82.6 cm³/mol. The Bertz CT molecular complexity index is 190. The number of hydrogen-bond acceptors (Lipinski definition) is 3. The predicted octanol–water partition coefficient (Wildman–Crippen LogP) is 3.58. The third-order valence-corrected chi connectivity index (χ3v) is 4.74. The molecule has 0 aromatic heterocycles. The highest BCUT2D eigenvalue weighted by atomic mass is 127. The highest BCUT2D eigenvalue weighted by Gasteiger charge is 2.20. The Labute approximate surface area is 125 Å². The van der Waals surface area contributed by atoms with Gasteiger partial charge in [0.25, 0.3) is 0 Å². The molecule has 0 aliphatic heterocycles. The van der Waals surface area contributed by atoms with Crippen molar-refractivity contribution >= 4 is 22.6 Å². The van der Waals surface area contributed by atoms with E-state index in [9.17, 15) is 0 Å². The third-order valence-electron chi connectivity index (χ3n) is 3.32. The summed E-state index contributed by atoms with van der Waals surface area (Å²) in [5, 5.41) is 0. The number of rotatable bonds is 8. The molecule has 0 saturated heterocycles. The van der Waals surface area contributed by atoms with E-state index in [2.05, 4.69) is 22.6 Å². The summed E-state index contributed by atoms with van der Waals surface area (Å²) in [5.74, 6) is 0. The average Bonchev–Trinajstić information content (AvgIpc) is 2.36. The normalized spacial score (nSPS) is 25.7. The largest absolute Gasteiger partial charge is 0.385 e. The van der Waals surface area contributed by atoms with E-state index in [0.29, 0.717) is 16.6 Å². The Morgan fingerprint density at radius 1 is 0.944 bits per heavy atom. The van der Waals surface area contributed by atoms with Crippen molar-refractivity contribution in [3.63, 3.8) is 0 Å². The first-order chi connectivity index (χ1) is 8.84. The summed E-state index contributed by atoms with van der Waals surface area (Å²) in [7, 11) is 1.72. The highest BCUT2D eigenvalue weighted by Crippen LogP contribution is 2.25. The SMILES string of the molecule is COCCCOCCOC1CCCCCCC1I. The summed E-state index contributed by atoms with van der Waals surface area (Å²) in [6.07, 6.45) is 9.38. The molecule has 3 nitrogen and oxygen atoms in total. The molecule has 0 bridgehead atoms. The van der Waals surface area contributed by atoms with Crippen LogP contribution in [0, 0.1) is 0 Å². The van der Waals surface area contributed by atoms with Gasteiger partial charge in [-0.25, -0.2) is 0 Å². The quantitative estimate of drug-likeness (QED) is 0.371. The first kappa shape index (κ1) is 16.7. The van der Waals surface area contributed by atoms with Gasteiger partial charge in [-0.15, -0.1) is 0 Å². The maximum atomic E-state index is 5.97. The zero-order chi connectivity index (χ0) is 13.1. The molecule has 1 saturated carbocycles. The summed E-state index contributed by atoms with van der Waals surface area (Å²) in [6, 6.07) is 0. The molecule has 0 amide bonds. The fourth-order valence-electron chi connectivity index (χ4n) is 2.26. The molecule has 4 heteroatoms. The summed E-state index contributed by atoms with van der Waals surface area (Å²) >= 11 is 2.56. The van der Waals surface area contributed by atoms with E-state index in [1.165, 1.54) is 38.5 Å². The van der Waals surface area contributed by atoms with Gasteiger partial charge in [-0.3, -0.25) is 0 Å². The Hall–Kier alpha value is 0.610.